The molecule has 2 unspecified atom stereocenters. The molecule has 0 radical (unpaired) electrons. The van der Waals surface area contributed by atoms with Gasteiger partial charge in [0.25, 0.3) is 0 Å². The molecule has 1 N–H and O–H groups in total. The first kappa shape index (κ1) is 15.4. The highest BCUT2D eigenvalue weighted by Gasteiger charge is 2.45. The summed E-state index contributed by atoms with van der Waals surface area (Å²) in [5, 5.41) is 3.69. The highest BCUT2D eigenvalue weighted by atomic mass is 32.2. The Kier molecular flexibility index (Phi) is 5.11. The van der Waals surface area contributed by atoms with Gasteiger partial charge in [-0.3, -0.25) is 4.79 Å². The number of thioether (sulfide) groups is 1. The van der Waals surface area contributed by atoms with Crippen molar-refractivity contribution in [2.75, 3.05) is 14.2 Å². The highest BCUT2D eigenvalue weighted by molar-refractivity contribution is 7.99. The number of methoxy groups -OCH3 is 1. The van der Waals surface area contributed by atoms with Gasteiger partial charge in [-0.25, -0.2) is 0 Å². The molecule has 0 saturated heterocycles. The molecule has 1 aliphatic rings. The van der Waals surface area contributed by atoms with E-state index in [0.29, 0.717) is 5.25 Å². The molecular weight excluding hydrogens is 270 g/mol. The normalized spacial score (nSPS) is 25.6. The predicted molar refractivity (Wildman–Crippen MR) is 83.9 cm³/mol. The third kappa shape index (κ3) is 3.18. The molecule has 3 nitrogen and oxygen atoms in total. The van der Waals surface area contributed by atoms with Crippen LogP contribution in [0, 0.1) is 6.92 Å². The summed E-state index contributed by atoms with van der Waals surface area (Å²) < 4.78 is 4.95. The van der Waals surface area contributed by atoms with Gasteiger partial charge in [0.1, 0.15) is 5.54 Å². The average Bonchev–Trinajstić information content (AvgIpc) is 2.90. The van der Waals surface area contributed by atoms with Crippen LogP contribution < -0.4 is 5.32 Å². The summed E-state index contributed by atoms with van der Waals surface area (Å²) in [6, 6.07) is 8.49. The van der Waals surface area contributed by atoms with Gasteiger partial charge in [-0.15, -0.1) is 0 Å². The quantitative estimate of drug-likeness (QED) is 0.847. The van der Waals surface area contributed by atoms with E-state index >= 15 is 0 Å². The molecule has 1 aromatic carbocycles. The van der Waals surface area contributed by atoms with Gasteiger partial charge in [0.15, 0.2) is 0 Å². The smallest absolute Gasteiger partial charge is 0.326 e. The lowest BCUT2D eigenvalue weighted by Gasteiger charge is -2.25. The molecule has 2 atom stereocenters. The Morgan fingerprint density at radius 2 is 2.25 bits per heavy atom. The Hall–Kier alpha value is -1.00. The van der Waals surface area contributed by atoms with Crippen LogP contribution in [0.4, 0.5) is 0 Å². The first-order valence-corrected chi connectivity index (χ1v) is 8.09. The van der Waals surface area contributed by atoms with Crippen molar-refractivity contribution in [1.29, 1.82) is 0 Å². The minimum Gasteiger partial charge on any atom is -0.468 e. The van der Waals surface area contributed by atoms with Gasteiger partial charge in [-0.1, -0.05) is 24.3 Å². The summed E-state index contributed by atoms with van der Waals surface area (Å²) in [6.07, 6.45) is 2.78. The number of aryl methyl sites for hydroxylation is 1. The number of nitrogens with one attached hydrogen (secondary N) is 1. The molecule has 20 heavy (non-hydrogen) atoms. The second-order valence-electron chi connectivity index (χ2n) is 5.43. The molecule has 0 aromatic heterocycles. The molecular formula is C16H23NO2S. The third-order valence-corrected chi connectivity index (χ3v) is 5.61. The van der Waals surface area contributed by atoms with Crippen molar-refractivity contribution in [3.63, 3.8) is 0 Å². The maximum Gasteiger partial charge on any atom is 0.326 e. The first-order valence-electron chi connectivity index (χ1n) is 7.05. The monoisotopic (exact) mass is 293 g/mol. The van der Waals surface area contributed by atoms with Crippen molar-refractivity contribution >= 4 is 17.7 Å². The van der Waals surface area contributed by atoms with Crippen LogP contribution >= 0.6 is 11.8 Å². The summed E-state index contributed by atoms with van der Waals surface area (Å²) in [5.41, 5.74) is 2.25. The van der Waals surface area contributed by atoms with Crippen LogP contribution in [-0.4, -0.2) is 30.9 Å². The SMILES string of the molecule is CNC1(C(=O)OC)CCC(SCc2ccccc2C)C1. The minimum absolute atomic E-state index is 0.126. The molecule has 0 amide bonds. The Balaban J connectivity index is 1.93. The molecule has 4 heteroatoms. The van der Waals surface area contributed by atoms with Crippen molar-refractivity contribution in [2.45, 2.75) is 42.7 Å². The van der Waals surface area contributed by atoms with Crippen molar-refractivity contribution < 1.29 is 9.53 Å². The lowest BCUT2D eigenvalue weighted by molar-refractivity contribution is -0.148. The lowest BCUT2D eigenvalue weighted by atomic mass is 9.98. The summed E-state index contributed by atoms with van der Waals surface area (Å²) in [6.45, 7) is 2.15. The van der Waals surface area contributed by atoms with Crippen LogP contribution in [0.5, 0.6) is 0 Å². The molecule has 1 aromatic rings. The molecule has 0 heterocycles. The van der Waals surface area contributed by atoms with Crippen LogP contribution in [-0.2, 0) is 15.3 Å². The van der Waals surface area contributed by atoms with Gasteiger partial charge < -0.3 is 10.1 Å². The molecule has 1 fully saturated rings. The Morgan fingerprint density at radius 3 is 2.90 bits per heavy atom. The number of hydrogen-bond donors (Lipinski definition) is 1. The molecule has 0 spiro atoms. The highest BCUT2D eigenvalue weighted by Crippen LogP contribution is 2.39. The molecule has 110 valence electrons. The summed E-state index contributed by atoms with van der Waals surface area (Å²) in [5.74, 6) is 0.886. The van der Waals surface area contributed by atoms with Gasteiger partial charge in [0, 0.05) is 11.0 Å². The van der Waals surface area contributed by atoms with E-state index in [9.17, 15) is 4.79 Å². The van der Waals surface area contributed by atoms with Gasteiger partial charge in [0.05, 0.1) is 7.11 Å². The number of likely N-dealkylation sites (N-methyl/N-ethyl adjacent to an activating group) is 1. The van der Waals surface area contributed by atoms with E-state index in [4.69, 9.17) is 4.74 Å². The summed E-state index contributed by atoms with van der Waals surface area (Å²) in [7, 11) is 3.32. The predicted octanol–water partition coefficient (Wildman–Crippen LogP) is 2.91. The fraction of sp³-hybridized carbons (Fsp3) is 0.562. The zero-order chi connectivity index (χ0) is 14.6. The number of carbonyl (C=O) groups excluding carboxylic acids is 1. The van der Waals surface area contributed by atoms with E-state index in [1.807, 2.05) is 18.8 Å². The Morgan fingerprint density at radius 1 is 1.50 bits per heavy atom. The van der Waals surface area contributed by atoms with Crippen LogP contribution in [0.3, 0.4) is 0 Å². The van der Waals surface area contributed by atoms with Crippen LogP contribution in [0.1, 0.15) is 30.4 Å². The molecule has 1 aliphatic carbocycles. The van der Waals surface area contributed by atoms with Crippen LogP contribution in [0.2, 0.25) is 0 Å². The summed E-state index contributed by atoms with van der Waals surface area (Å²) in [4.78, 5) is 11.9. The molecule has 2 rings (SSSR count). The first-order chi connectivity index (χ1) is 9.61. The van der Waals surface area contributed by atoms with E-state index in [1.54, 1.807) is 0 Å². The van der Waals surface area contributed by atoms with E-state index in [0.717, 1.165) is 25.0 Å². The van der Waals surface area contributed by atoms with Crippen LogP contribution in [0.15, 0.2) is 24.3 Å². The van der Waals surface area contributed by atoms with Gasteiger partial charge >= 0.3 is 5.97 Å². The second kappa shape index (κ2) is 6.64. The van der Waals surface area contributed by atoms with E-state index in [2.05, 4.69) is 36.5 Å². The number of hydrogen-bond acceptors (Lipinski definition) is 4. The van der Waals surface area contributed by atoms with Gasteiger partial charge in [0.2, 0.25) is 0 Å². The Bertz CT molecular complexity index is 477. The number of ether oxygens (including phenoxy) is 1. The van der Waals surface area contributed by atoms with Crippen molar-refractivity contribution in [2.24, 2.45) is 0 Å². The van der Waals surface area contributed by atoms with Gasteiger partial charge in [-0.05, 0) is 44.4 Å². The second-order valence-corrected chi connectivity index (χ2v) is 6.71. The molecule has 0 bridgehead atoms. The molecule has 1 saturated carbocycles. The van der Waals surface area contributed by atoms with E-state index in [-0.39, 0.29) is 5.97 Å². The number of carbonyl (C=O) groups is 1. The topological polar surface area (TPSA) is 38.3 Å². The number of rotatable bonds is 5. The summed E-state index contributed by atoms with van der Waals surface area (Å²) >= 11 is 1.95. The van der Waals surface area contributed by atoms with Crippen molar-refractivity contribution in [3.8, 4) is 0 Å². The average molecular weight is 293 g/mol. The Labute approximate surface area is 125 Å². The van der Waals surface area contributed by atoms with E-state index in [1.165, 1.54) is 18.2 Å². The number of benzene rings is 1. The van der Waals surface area contributed by atoms with Gasteiger partial charge in [-0.2, -0.15) is 11.8 Å². The van der Waals surface area contributed by atoms with Crippen molar-refractivity contribution in [3.05, 3.63) is 35.4 Å². The largest absolute Gasteiger partial charge is 0.468 e. The lowest BCUT2D eigenvalue weighted by Crippen LogP contribution is -2.49. The zero-order valence-corrected chi connectivity index (χ0v) is 13.3. The maximum absolute atomic E-state index is 11.9. The minimum atomic E-state index is -0.474. The fourth-order valence-electron chi connectivity index (χ4n) is 2.83. The maximum atomic E-state index is 11.9. The third-order valence-electron chi connectivity index (χ3n) is 4.26. The molecule has 0 aliphatic heterocycles. The fourth-order valence-corrected chi connectivity index (χ4v) is 4.26. The van der Waals surface area contributed by atoms with Crippen LogP contribution in [0.25, 0.3) is 0 Å². The zero-order valence-electron chi connectivity index (χ0n) is 12.4. The number of esters is 1. The standard InChI is InChI=1S/C16H23NO2S/c1-12-6-4-5-7-13(12)11-20-14-8-9-16(10-14,17-2)15(18)19-3/h4-7,14,17H,8-11H2,1-3H3. The van der Waals surface area contributed by atoms with E-state index < -0.39 is 5.54 Å². The van der Waals surface area contributed by atoms with Crippen molar-refractivity contribution in [1.82, 2.24) is 5.32 Å².